The number of ether oxygens (including phenoxy) is 2. The second kappa shape index (κ2) is 37.9. The molecule has 0 unspecified atom stereocenters. The highest BCUT2D eigenvalue weighted by atomic mass is 16.5. The fourth-order valence-electron chi connectivity index (χ4n) is 4.73. The molecular weight excluding hydrogens is 496 g/mol. The van der Waals surface area contributed by atoms with Crippen LogP contribution in [-0.4, -0.2) is 25.2 Å². The van der Waals surface area contributed by atoms with Gasteiger partial charge in [0.2, 0.25) is 0 Å². The van der Waals surface area contributed by atoms with E-state index < -0.39 is 0 Å². The molecule has 0 saturated heterocycles. The number of unbranched alkanes of at least 4 members (excludes halogenated alkanes) is 22. The number of carbonyl (C=O) groups is 2. The lowest BCUT2D eigenvalue weighted by molar-refractivity contribution is -0.144. The van der Waals surface area contributed by atoms with Gasteiger partial charge in [-0.15, -0.1) is 0 Å². The van der Waals surface area contributed by atoms with E-state index in [2.05, 4.69) is 27.7 Å². The molecule has 0 heterocycles. The van der Waals surface area contributed by atoms with E-state index in [1.807, 2.05) is 0 Å². The summed E-state index contributed by atoms with van der Waals surface area (Å²) in [5, 5.41) is 0. The summed E-state index contributed by atoms with van der Waals surface area (Å²) in [6.45, 7) is 10.2. The average Bonchev–Trinajstić information content (AvgIpc) is 2.95. The zero-order valence-electron chi connectivity index (χ0n) is 27.8. The van der Waals surface area contributed by atoms with Crippen LogP contribution in [0.15, 0.2) is 0 Å². The molecule has 0 aliphatic carbocycles. The Morgan fingerprint density at radius 2 is 0.550 bits per heavy atom. The van der Waals surface area contributed by atoms with Crippen molar-refractivity contribution in [3.05, 3.63) is 0 Å². The van der Waals surface area contributed by atoms with Gasteiger partial charge in [0, 0.05) is 12.8 Å². The number of hydrogen-bond donors (Lipinski definition) is 0. The van der Waals surface area contributed by atoms with Crippen LogP contribution in [0.4, 0.5) is 0 Å². The van der Waals surface area contributed by atoms with Gasteiger partial charge in [-0.05, 0) is 25.7 Å². The third-order valence-corrected chi connectivity index (χ3v) is 7.49. The molecule has 0 saturated carbocycles. The molecule has 0 bridgehead atoms. The third kappa shape index (κ3) is 39.1. The maximum absolute atomic E-state index is 11.5. The highest BCUT2D eigenvalue weighted by Gasteiger charge is 2.03. The van der Waals surface area contributed by atoms with Crippen LogP contribution >= 0.6 is 0 Å². The molecule has 0 N–H and O–H groups in total. The standard InChI is InChI=1S/C20H40O2.C16H32O2/c1-3-5-7-9-10-11-12-13-15-17-19-22-20(21)18-16-14-8-6-4-2;1-3-5-7-9-11-13-15-18-16(17)14-12-10-8-6-4-2/h3-19H2,1-2H3;3-15H2,1-2H3. The summed E-state index contributed by atoms with van der Waals surface area (Å²) in [4.78, 5) is 22.9. The molecule has 0 aromatic carbocycles. The molecule has 240 valence electrons. The molecule has 4 nitrogen and oxygen atoms in total. The summed E-state index contributed by atoms with van der Waals surface area (Å²) in [7, 11) is 0. The minimum atomic E-state index is 0.0000525. The maximum Gasteiger partial charge on any atom is 0.305 e. The topological polar surface area (TPSA) is 52.6 Å². The molecule has 0 fully saturated rings. The Balaban J connectivity index is 0. The Morgan fingerprint density at radius 3 is 0.825 bits per heavy atom. The first-order valence-corrected chi connectivity index (χ1v) is 17.9. The predicted molar refractivity (Wildman–Crippen MR) is 174 cm³/mol. The van der Waals surface area contributed by atoms with Crippen molar-refractivity contribution in [2.24, 2.45) is 0 Å². The molecule has 0 atom stereocenters. The van der Waals surface area contributed by atoms with Crippen LogP contribution in [0.3, 0.4) is 0 Å². The molecule has 0 aromatic heterocycles. The van der Waals surface area contributed by atoms with Crippen LogP contribution in [0.5, 0.6) is 0 Å². The molecular formula is C36H72O4. The van der Waals surface area contributed by atoms with Gasteiger partial charge in [0.05, 0.1) is 13.2 Å². The molecule has 0 spiro atoms. The van der Waals surface area contributed by atoms with E-state index in [0.717, 1.165) is 25.7 Å². The second-order valence-corrected chi connectivity index (χ2v) is 11.7. The monoisotopic (exact) mass is 569 g/mol. The molecule has 0 rings (SSSR count). The largest absolute Gasteiger partial charge is 0.466 e. The highest BCUT2D eigenvalue weighted by Crippen LogP contribution is 2.11. The Hall–Kier alpha value is -1.06. The highest BCUT2D eigenvalue weighted by molar-refractivity contribution is 5.69. The number of carbonyl (C=O) groups excluding carboxylic acids is 2. The van der Waals surface area contributed by atoms with Crippen molar-refractivity contribution in [2.45, 2.75) is 207 Å². The van der Waals surface area contributed by atoms with Crippen LogP contribution < -0.4 is 0 Å². The Bertz CT molecular complexity index is 491. The van der Waals surface area contributed by atoms with Gasteiger partial charge < -0.3 is 9.47 Å². The van der Waals surface area contributed by atoms with Crippen molar-refractivity contribution < 1.29 is 19.1 Å². The number of esters is 2. The third-order valence-electron chi connectivity index (χ3n) is 7.49. The van der Waals surface area contributed by atoms with E-state index in [0.29, 0.717) is 26.1 Å². The molecule has 0 radical (unpaired) electrons. The van der Waals surface area contributed by atoms with E-state index in [4.69, 9.17) is 9.47 Å². The number of hydrogen-bond acceptors (Lipinski definition) is 4. The van der Waals surface area contributed by atoms with Crippen molar-refractivity contribution in [3.63, 3.8) is 0 Å². The summed E-state index contributed by atoms with van der Waals surface area (Å²) in [5.41, 5.74) is 0. The quantitative estimate of drug-likeness (QED) is 0.0638. The zero-order valence-corrected chi connectivity index (χ0v) is 27.8. The van der Waals surface area contributed by atoms with Crippen molar-refractivity contribution in [2.75, 3.05) is 13.2 Å². The van der Waals surface area contributed by atoms with E-state index >= 15 is 0 Å². The van der Waals surface area contributed by atoms with Gasteiger partial charge in [-0.3, -0.25) is 9.59 Å². The summed E-state index contributed by atoms with van der Waals surface area (Å²) in [6.07, 6.45) is 33.8. The van der Waals surface area contributed by atoms with Gasteiger partial charge in [-0.1, -0.05) is 169 Å². The second-order valence-electron chi connectivity index (χ2n) is 11.7. The van der Waals surface area contributed by atoms with Gasteiger partial charge in [0.15, 0.2) is 0 Å². The lowest BCUT2D eigenvalue weighted by atomic mass is 10.1. The number of rotatable bonds is 30. The summed E-state index contributed by atoms with van der Waals surface area (Å²) in [6, 6.07) is 0. The Labute approximate surface area is 251 Å². The smallest absolute Gasteiger partial charge is 0.305 e. The van der Waals surface area contributed by atoms with Crippen LogP contribution in [0.25, 0.3) is 0 Å². The lowest BCUT2D eigenvalue weighted by Crippen LogP contribution is -2.05. The molecule has 0 aromatic rings. The maximum atomic E-state index is 11.5. The van der Waals surface area contributed by atoms with E-state index in [1.165, 1.54) is 141 Å². The van der Waals surface area contributed by atoms with Gasteiger partial charge in [0.25, 0.3) is 0 Å². The van der Waals surface area contributed by atoms with Crippen molar-refractivity contribution in [1.29, 1.82) is 0 Å². The first-order chi connectivity index (χ1) is 19.6. The molecule has 0 amide bonds. The van der Waals surface area contributed by atoms with Crippen LogP contribution in [0.1, 0.15) is 207 Å². The van der Waals surface area contributed by atoms with Gasteiger partial charge in [0.1, 0.15) is 0 Å². The van der Waals surface area contributed by atoms with Crippen molar-refractivity contribution in [1.82, 2.24) is 0 Å². The van der Waals surface area contributed by atoms with E-state index in [-0.39, 0.29) is 11.9 Å². The van der Waals surface area contributed by atoms with E-state index in [1.54, 1.807) is 0 Å². The molecule has 40 heavy (non-hydrogen) atoms. The molecule has 4 heteroatoms. The predicted octanol–water partition coefficient (Wildman–Crippen LogP) is 12.1. The van der Waals surface area contributed by atoms with E-state index in [9.17, 15) is 9.59 Å². The minimum Gasteiger partial charge on any atom is -0.466 e. The van der Waals surface area contributed by atoms with Crippen molar-refractivity contribution >= 4 is 11.9 Å². The summed E-state index contributed by atoms with van der Waals surface area (Å²) >= 11 is 0. The fraction of sp³-hybridized carbons (Fsp3) is 0.944. The zero-order chi connectivity index (χ0) is 29.8. The van der Waals surface area contributed by atoms with Crippen LogP contribution in [0.2, 0.25) is 0 Å². The SMILES string of the molecule is CCCCCCCCCCCCOC(=O)CCCCCCC.CCCCCCCCOC(=O)CCCCCCC. The Kier molecular flexibility index (Phi) is 39.0. The summed E-state index contributed by atoms with van der Waals surface area (Å²) in [5.74, 6) is 0.00693. The average molecular weight is 569 g/mol. The first kappa shape index (κ1) is 41.1. The fourth-order valence-corrected chi connectivity index (χ4v) is 4.73. The van der Waals surface area contributed by atoms with Crippen molar-refractivity contribution in [3.8, 4) is 0 Å². The van der Waals surface area contributed by atoms with Crippen LogP contribution in [-0.2, 0) is 19.1 Å². The molecule has 0 aliphatic heterocycles. The minimum absolute atomic E-state index is 0.0000525. The molecule has 0 aliphatic rings. The van der Waals surface area contributed by atoms with Gasteiger partial charge in [-0.25, -0.2) is 0 Å². The first-order valence-electron chi connectivity index (χ1n) is 17.9. The summed E-state index contributed by atoms with van der Waals surface area (Å²) < 4.78 is 10.5. The Morgan fingerprint density at radius 1 is 0.325 bits per heavy atom. The normalized spacial score (nSPS) is 10.7. The van der Waals surface area contributed by atoms with Gasteiger partial charge in [-0.2, -0.15) is 0 Å². The van der Waals surface area contributed by atoms with Crippen LogP contribution in [0, 0.1) is 0 Å². The lowest BCUT2D eigenvalue weighted by Gasteiger charge is -2.05. The van der Waals surface area contributed by atoms with Gasteiger partial charge >= 0.3 is 11.9 Å².